The molecule has 0 unspecified atom stereocenters. The van der Waals surface area contributed by atoms with Crippen LogP contribution in [0.3, 0.4) is 0 Å². The molecule has 0 aliphatic carbocycles. The van der Waals surface area contributed by atoms with Crippen LogP contribution in [0.4, 0.5) is 0 Å². The molecule has 0 fully saturated rings. The van der Waals surface area contributed by atoms with Gasteiger partial charge in [-0.1, -0.05) is 13.0 Å². The summed E-state index contributed by atoms with van der Waals surface area (Å²) in [5.41, 5.74) is 3.87. The van der Waals surface area contributed by atoms with E-state index in [2.05, 4.69) is 41.5 Å². The largest absolute Gasteiger partial charge is 0.357 e. The van der Waals surface area contributed by atoms with Crippen molar-refractivity contribution in [1.82, 2.24) is 10.3 Å². The number of aryl methyl sites for hydroxylation is 1. The maximum absolute atomic E-state index is 3.39. The molecule has 1 aromatic heterocycles. The molecule has 1 aromatic carbocycles. The molecule has 2 nitrogen and oxygen atoms in total. The number of aromatic nitrogens is 1. The van der Waals surface area contributed by atoms with E-state index in [-0.39, 0.29) is 0 Å². The highest BCUT2D eigenvalue weighted by Gasteiger charge is 2.00. The lowest BCUT2D eigenvalue weighted by Crippen LogP contribution is -2.04. The van der Waals surface area contributed by atoms with E-state index in [1.807, 2.05) is 7.05 Å². The summed E-state index contributed by atoms with van der Waals surface area (Å²) in [6.07, 6.45) is 1.10. The van der Waals surface area contributed by atoms with Gasteiger partial charge in [0.2, 0.25) is 0 Å². The van der Waals surface area contributed by atoms with Crippen molar-refractivity contribution < 1.29 is 0 Å². The van der Waals surface area contributed by atoms with Crippen LogP contribution < -0.4 is 5.32 Å². The van der Waals surface area contributed by atoms with Crippen LogP contribution in [-0.4, -0.2) is 12.0 Å². The average molecular weight is 188 g/mol. The first-order chi connectivity index (χ1) is 6.83. The van der Waals surface area contributed by atoms with Crippen molar-refractivity contribution in [2.24, 2.45) is 0 Å². The molecule has 14 heavy (non-hydrogen) atoms. The second kappa shape index (κ2) is 3.84. The number of H-pyrrole nitrogens is 1. The van der Waals surface area contributed by atoms with Crippen molar-refractivity contribution in [1.29, 1.82) is 0 Å². The number of nitrogens with one attached hydrogen (secondary N) is 2. The van der Waals surface area contributed by atoms with Crippen LogP contribution >= 0.6 is 0 Å². The van der Waals surface area contributed by atoms with Crippen LogP contribution in [0, 0.1) is 0 Å². The highest BCUT2D eigenvalue weighted by Crippen LogP contribution is 2.17. The minimum atomic E-state index is 0.899. The monoisotopic (exact) mass is 188 g/mol. The molecule has 2 heteroatoms. The molecule has 0 aliphatic heterocycles. The van der Waals surface area contributed by atoms with E-state index in [9.17, 15) is 0 Å². The maximum Gasteiger partial charge on any atom is 0.0456 e. The number of benzene rings is 1. The molecule has 2 aromatic rings. The topological polar surface area (TPSA) is 27.8 Å². The minimum Gasteiger partial charge on any atom is -0.357 e. The highest BCUT2D eigenvalue weighted by atomic mass is 14.9. The fraction of sp³-hybridized carbons (Fsp3) is 0.333. The zero-order chi connectivity index (χ0) is 9.97. The van der Waals surface area contributed by atoms with E-state index >= 15 is 0 Å². The normalized spacial score (nSPS) is 11.0. The summed E-state index contributed by atoms with van der Waals surface area (Å²) in [4.78, 5) is 3.39. The Morgan fingerprint density at radius 3 is 2.86 bits per heavy atom. The molecule has 0 atom stereocenters. The smallest absolute Gasteiger partial charge is 0.0456 e. The van der Waals surface area contributed by atoms with Gasteiger partial charge in [-0.05, 0) is 42.6 Å². The fourth-order valence-corrected chi connectivity index (χ4v) is 1.75. The Bertz CT molecular complexity index is 429. The van der Waals surface area contributed by atoms with E-state index in [0.29, 0.717) is 0 Å². The summed E-state index contributed by atoms with van der Waals surface area (Å²) in [7, 11) is 1.96. The summed E-state index contributed by atoms with van der Waals surface area (Å²) in [5.74, 6) is 0. The van der Waals surface area contributed by atoms with Crippen LogP contribution in [0.1, 0.15) is 18.2 Å². The van der Waals surface area contributed by atoms with Crippen molar-refractivity contribution in [3.63, 3.8) is 0 Å². The Balaban J connectivity index is 2.43. The van der Waals surface area contributed by atoms with Gasteiger partial charge < -0.3 is 10.3 Å². The molecule has 2 N–H and O–H groups in total. The van der Waals surface area contributed by atoms with E-state index in [1.54, 1.807) is 0 Å². The lowest BCUT2D eigenvalue weighted by atomic mass is 10.1. The van der Waals surface area contributed by atoms with Crippen molar-refractivity contribution in [3.05, 3.63) is 35.5 Å². The Hall–Kier alpha value is -1.28. The molecule has 0 spiro atoms. The van der Waals surface area contributed by atoms with E-state index in [1.165, 1.54) is 22.2 Å². The van der Waals surface area contributed by atoms with Crippen LogP contribution in [0.15, 0.2) is 24.3 Å². The molecule has 74 valence electrons. The molecule has 0 saturated carbocycles. The van der Waals surface area contributed by atoms with Gasteiger partial charge in [-0.3, -0.25) is 0 Å². The number of aromatic amines is 1. The summed E-state index contributed by atoms with van der Waals surface area (Å²) in [6.45, 7) is 3.08. The van der Waals surface area contributed by atoms with Gasteiger partial charge in [0.15, 0.2) is 0 Å². The van der Waals surface area contributed by atoms with Crippen LogP contribution in [0.5, 0.6) is 0 Å². The molecule has 1 heterocycles. The predicted octanol–water partition coefficient (Wildman–Crippen LogP) is 2.45. The number of hydrogen-bond donors (Lipinski definition) is 2. The Kier molecular flexibility index (Phi) is 2.55. The third kappa shape index (κ3) is 1.66. The standard InChI is InChI=1S/C12H16N2/c1-3-9-4-5-12-10(6-9)7-11(14-12)8-13-2/h4-7,13-14H,3,8H2,1-2H3. The zero-order valence-corrected chi connectivity index (χ0v) is 8.72. The highest BCUT2D eigenvalue weighted by molar-refractivity contribution is 5.81. The van der Waals surface area contributed by atoms with Gasteiger partial charge >= 0.3 is 0 Å². The summed E-state index contributed by atoms with van der Waals surface area (Å²) in [5, 5.41) is 4.46. The molecule has 0 bridgehead atoms. The van der Waals surface area contributed by atoms with Gasteiger partial charge in [0, 0.05) is 17.8 Å². The Labute approximate surface area is 84.3 Å². The summed E-state index contributed by atoms with van der Waals surface area (Å²) in [6, 6.07) is 8.81. The fourth-order valence-electron chi connectivity index (χ4n) is 1.75. The summed E-state index contributed by atoms with van der Waals surface area (Å²) < 4.78 is 0. The Morgan fingerprint density at radius 1 is 1.29 bits per heavy atom. The predicted molar refractivity (Wildman–Crippen MR) is 60.4 cm³/mol. The maximum atomic E-state index is 3.39. The molecular formula is C12H16N2. The van der Waals surface area contributed by atoms with Crippen LogP contribution in [0.25, 0.3) is 10.9 Å². The number of hydrogen-bond acceptors (Lipinski definition) is 1. The van der Waals surface area contributed by atoms with E-state index < -0.39 is 0 Å². The number of fused-ring (bicyclic) bond motifs is 1. The van der Waals surface area contributed by atoms with Crippen molar-refractivity contribution in [2.75, 3.05) is 7.05 Å². The van der Waals surface area contributed by atoms with E-state index in [4.69, 9.17) is 0 Å². The van der Waals surface area contributed by atoms with Crippen molar-refractivity contribution in [3.8, 4) is 0 Å². The first kappa shape index (κ1) is 9.28. The van der Waals surface area contributed by atoms with Crippen molar-refractivity contribution in [2.45, 2.75) is 19.9 Å². The molecular weight excluding hydrogens is 172 g/mol. The molecule has 0 aliphatic rings. The zero-order valence-electron chi connectivity index (χ0n) is 8.72. The quantitative estimate of drug-likeness (QED) is 0.760. The van der Waals surface area contributed by atoms with Crippen LogP contribution in [-0.2, 0) is 13.0 Å². The average Bonchev–Trinajstić information content (AvgIpc) is 2.59. The van der Waals surface area contributed by atoms with Gasteiger partial charge in [0.1, 0.15) is 0 Å². The second-order valence-corrected chi connectivity index (χ2v) is 3.60. The van der Waals surface area contributed by atoms with E-state index in [0.717, 1.165) is 13.0 Å². The number of rotatable bonds is 3. The summed E-state index contributed by atoms with van der Waals surface area (Å²) >= 11 is 0. The van der Waals surface area contributed by atoms with Gasteiger partial charge in [0.25, 0.3) is 0 Å². The lowest BCUT2D eigenvalue weighted by molar-refractivity contribution is 0.800. The Morgan fingerprint density at radius 2 is 2.14 bits per heavy atom. The first-order valence-corrected chi connectivity index (χ1v) is 5.08. The molecule has 0 amide bonds. The third-order valence-electron chi connectivity index (χ3n) is 2.52. The first-order valence-electron chi connectivity index (χ1n) is 5.08. The van der Waals surface area contributed by atoms with Crippen molar-refractivity contribution >= 4 is 10.9 Å². The minimum absolute atomic E-state index is 0.899. The molecule has 0 saturated heterocycles. The SMILES string of the molecule is CCc1ccc2[nH]c(CNC)cc2c1. The van der Waals surface area contributed by atoms with Gasteiger partial charge in [-0.2, -0.15) is 0 Å². The lowest BCUT2D eigenvalue weighted by Gasteiger charge is -1.94. The second-order valence-electron chi connectivity index (χ2n) is 3.60. The molecule has 0 radical (unpaired) electrons. The molecule has 2 rings (SSSR count). The third-order valence-corrected chi connectivity index (χ3v) is 2.52. The van der Waals surface area contributed by atoms with Gasteiger partial charge in [-0.15, -0.1) is 0 Å². The van der Waals surface area contributed by atoms with Crippen LogP contribution in [0.2, 0.25) is 0 Å². The van der Waals surface area contributed by atoms with Gasteiger partial charge in [0.05, 0.1) is 0 Å². The van der Waals surface area contributed by atoms with Gasteiger partial charge in [-0.25, -0.2) is 0 Å².